The first-order valence-corrected chi connectivity index (χ1v) is 7.25. The van der Waals surface area contributed by atoms with E-state index in [-0.39, 0.29) is 17.3 Å². The van der Waals surface area contributed by atoms with Gasteiger partial charge in [-0.2, -0.15) is 0 Å². The molecule has 2 aliphatic heterocycles. The van der Waals surface area contributed by atoms with Gasteiger partial charge in [0.1, 0.15) is 18.8 Å². The molecule has 0 unspecified atom stereocenters. The average molecular weight is 307 g/mol. The number of piperidine rings is 1. The van der Waals surface area contributed by atoms with Crippen LogP contribution in [-0.2, 0) is 0 Å². The molecular weight excluding hydrogens is 290 g/mol. The molecule has 118 valence electrons. The zero-order valence-electron chi connectivity index (χ0n) is 12.0. The molecule has 8 heteroatoms. The van der Waals surface area contributed by atoms with E-state index >= 15 is 0 Å². The quantitative estimate of drug-likeness (QED) is 0.634. The highest BCUT2D eigenvalue weighted by molar-refractivity contribution is 5.99. The maximum absolute atomic E-state index is 12.4. The lowest BCUT2D eigenvalue weighted by atomic mass is 10.1. The second-order valence-corrected chi connectivity index (χ2v) is 5.29. The van der Waals surface area contributed by atoms with E-state index in [9.17, 15) is 14.9 Å². The van der Waals surface area contributed by atoms with Crippen LogP contribution in [0.25, 0.3) is 0 Å². The molecule has 0 saturated carbocycles. The first-order valence-electron chi connectivity index (χ1n) is 7.25. The zero-order chi connectivity index (χ0) is 15.5. The average Bonchev–Trinajstić information content (AvgIpc) is 2.54. The summed E-state index contributed by atoms with van der Waals surface area (Å²) in [6.45, 7) is 2.29. The molecule has 3 rings (SSSR count). The van der Waals surface area contributed by atoms with Crippen molar-refractivity contribution < 1.29 is 19.2 Å². The van der Waals surface area contributed by atoms with Gasteiger partial charge in [0.2, 0.25) is 0 Å². The maximum atomic E-state index is 12.4. The van der Waals surface area contributed by atoms with Crippen LogP contribution in [0.4, 0.5) is 5.69 Å². The SMILES string of the molecule is O=C(N[C@H]1CCCNC1)c1cc2c(cc1[N+](=O)[O-])OCCO2. The van der Waals surface area contributed by atoms with Crippen molar-refractivity contribution in [2.75, 3.05) is 26.3 Å². The monoisotopic (exact) mass is 307 g/mol. The second-order valence-electron chi connectivity index (χ2n) is 5.29. The Balaban J connectivity index is 1.87. The van der Waals surface area contributed by atoms with E-state index in [1.165, 1.54) is 12.1 Å². The van der Waals surface area contributed by atoms with Gasteiger partial charge in [-0.05, 0) is 19.4 Å². The molecule has 22 heavy (non-hydrogen) atoms. The van der Waals surface area contributed by atoms with E-state index in [2.05, 4.69) is 10.6 Å². The van der Waals surface area contributed by atoms with Crippen molar-refractivity contribution in [1.82, 2.24) is 10.6 Å². The fourth-order valence-electron chi connectivity index (χ4n) is 2.65. The zero-order valence-corrected chi connectivity index (χ0v) is 12.0. The van der Waals surface area contributed by atoms with Crippen molar-refractivity contribution in [1.29, 1.82) is 0 Å². The van der Waals surface area contributed by atoms with Crippen molar-refractivity contribution in [2.45, 2.75) is 18.9 Å². The summed E-state index contributed by atoms with van der Waals surface area (Å²) in [6.07, 6.45) is 1.82. The van der Waals surface area contributed by atoms with Gasteiger partial charge in [0.15, 0.2) is 11.5 Å². The molecule has 0 radical (unpaired) electrons. The van der Waals surface area contributed by atoms with Crippen molar-refractivity contribution in [2.24, 2.45) is 0 Å². The third-order valence-electron chi connectivity index (χ3n) is 3.73. The van der Waals surface area contributed by atoms with Gasteiger partial charge >= 0.3 is 0 Å². The van der Waals surface area contributed by atoms with Crippen LogP contribution in [0.15, 0.2) is 12.1 Å². The van der Waals surface area contributed by atoms with Gasteiger partial charge in [-0.3, -0.25) is 14.9 Å². The fraction of sp³-hybridized carbons (Fsp3) is 0.500. The van der Waals surface area contributed by atoms with E-state index in [4.69, 9.17) is 9.47 Å². The molecule has 2 heterocycles. The van der Waals surface area contributed by atoms with Gasteiger partial charge in [0.25, 0.3) is 11.6 Å². The minimum Gasteiger partial charge on any atom is -0.486 e. The maximum Gasteiger partial charge on any atom is 0.286 e. The topological polar surface area (TPSA) is 103 Å². The van der Waals surface area contributed by atoms with Gasteiger partial charge in [0.05, 0.1) is 11.0 Å². The molecule has 1 amide bonds. The number of nitrogens with one attached hydrogen (secondary N) is 2. The van der Waals surface area contributed by atoms with Gasteiger partial charge in [0, 0.05) is 18.7 Å². The molecule has 1 aromatic rings. The normalized spacial score (nSPS) is 20.3. The number of nitrogens with zero attached hydrogens (tertiary/aromatic N) is 1. The Bertz CT molecular complexity index is 598. The first-order chi connectivity index (χ1) is 10.6. The highest BCUT2D eigenvalue weighted by Crippen LogP contribution is 2.36. The number of carbonyl (C=O) groups excluding carboxylic acids is 1. The molecule has 1 atom stereocenters. The van der Waals surface area contributed by atoms with E-state index in [0.717, 1.165) is 19.4 Å². The Morgan fingerprint density at radius 1 is 1.32 bits per heavy atom. The highest BCUT2D eigenvalue weighted by atomic mass is 16.6. The van der Waals surface area contributed by atoms with Crippen LogP contribution in [0.3, 0.4) is 0 Å². The Morgan fingerprint density at radius 3 is 2.68 bits per heavy atom. The Kier molecular flexibility index (Phi) is 4.10. The molecule has 1 saturated heterocycles. The standard InChI is InChI=1S/C14H17N3O5/c18-14(16-9-2-1-3-15-8-9)10-6-12-13(22-5-4-21-12)7-11(10)17(19)20/h6-7,9,15H,1-5,8H2,(H,16,18)/t9-/m0/s1. The Labute approximate surface area is 126 Å². The van der Waals surface area contributed by atoms with Crippen LogP contribution in [-0.4, -0.2) is 43.2 Å². The number of nitro benzene ring substituents is 1. The molecule has 0 aliphatic carbocycles. The van der Waals surface area contributed by atoms with Crippen molar-refractivity contribution in [3.8, 4) is 11.5 Å². The lowest BCUT2D eigenvalue weighted by Crippen LogP contribution is -2.45. The lowest BCUT2D eigenvalue weighted by Gasteiger charge is -2.24. The number of fused-ring (bicyclic) bond motifs is 1. The summed E-state index contributed by atoms with van der Waals surface area (Å²) in [5.74, 6) is 0.204. The van der Waals surface area contributed by atoms with Crippen LogP contribution >= 0.6 is 0 Å². The van der Waals surface area contributed by atoms with E-state index < -0.39 is 10.8 Å². The molecule has 0 spiro atoms. The smallest absolute Gasteiger partial charge is 0.286 e. The van der Waals surface area contributed by atoms with E-state index in [1.54, 1.807) is 0 Å². The molecule has 0 bridgehead atoms. The molecule has 8 nitrogen and oxygen atoms in total. The van der Waals surface area contributed by atoms with Crippen molar-refractivity contribution in [3.05, 3.63) is 27.8 Å². The summed E-state index contributed by atoms with van der Waals surface area (Å²) in [5.41, 5.74) is -0.273. The number of amides is 1. The number of benzene rings is 1. The number of hydrogen-bond donors (Lipinski definition) is 2. The van der Waals surface area contributed by atoms with Gasteiger partial charge < -0.3 is 20.1 Å². The summed E-state index contributed by atoms with van der Waals surface area (Å²) in [5, 5.41) is 17.2. The van der Waals surface area contributed by atoms with Crippen LogP contribution < -0.4 is 20.1 Å². The largest absolute Gasteiger partial charge is 0.486 e. The van der Waals surface area contributed by atoms with Gasteiger partial charge in [-0.25, -0.2) is 0 Å². The molecule has 2 aliphatic rings. The minimum atomic E-state index is -0.577. The second kappa shape index (κ2) is 6.18. The summed E-state index contributed by atoms with van der Waals surface area (Å²) in [6, 6.07) is 2.62. The van der Waals surface area contributed by atoms with Crippen LogP contribution in [0.1, 0.15) is 23.2 Å². The summed E-state index contributed by atoms with van der Waals surface area (Å²) in [7, 11) is 0. The molecule has 1 aromatic carbocycles. The highest BCUT2D eigenvalue weighted by Gasteiger charge is 2.27. The van der Waals surface area contributed by atoms with Crippen LogP contribution in [0, 0.1) is 10.1 Å². The Morgan fingerprint density at radius 2 is 2.05 bits per heavy atom. The van der Waals surface area contributed by atoms with E-state index in [0.29, 0.717) is 31.3 Å². The number of hydrogen-bond acceptors (Lipinski definition) is 6. The van der Waals surface area contributed by atoms with Crippen molar-refractivity contribution >= 4 is 11.6 Å². The molecular formula is C14H17N3O5. The lowest BCUT2D eigenvalue weighted by molar-refractivity contribution is -0.385. The third-order valence-corrected chi connectivity index (χ3v) is 3.73. The molecule has 1 fully saturated rings. The Hall–Kier alpha value is -2.35. The number of nitro groups is 1. The third kappa shape index (κ3) is 2.96. The molecule has 2 N–H and O–H groups in total. The summed E-state index contributed by atoms with van der Waals surface area (Å²) < 4.78 is 10.7. The first kappa shape index (κ1) is 14.6. The van der Waals surface area contributed by atoms with Crippen LogP contribution in [0.2, 0.25) is 0 Å². The van der Waals surface area contributed by atoms with Crippen molar-refractivity contribution in [3.63, 3.8) is 0 Å². The minimum absolute atomic E-state index is 0.000163. The predicted molar refractivity (Wildman–Crippen MR) is 77.4 cm³/mol. The van der Waals surface area contributed by atoms with Gasteiger partial charge in [-0.15, -0.1) is 0 Å². The summed E-state index contributed by atoms with van der Waals surface area (Å²) in [4.78, 5) is 23.0. The number of carbonyl (C=O) groups is 1. The van der Waals surface area contributed by atoms with Crippen LogP contribution in [0.5, 0.6) is 11.5 Å². The fourth-order valence-corrected chi connectivity index (χ4v) is 2.65. The predicted octanol–water partition coefficient (Wildman–Crippen LogP) is 0.848. The van der Waals surface area contributed by atoms with Gasteiger partial charge in [-0.1, -0.05) is 0 Å². The number of ether oxygens (including phenoxy) is 2. The molecule has 0 aromatic heterocycles. The number of rotatable bonds is 3. The van der Waals surface area contributed by atoms with E-state index in [1.807, 2.05) is 0 Å². The summed E-state index contributed by atoms with van der Waals surface area (Å²) >= 11 is 0.